The van der Waals surface area contributed by atoms with Crippen LogP contribution in [0.15, 0.2) is 0 Å². The summed E-state index contributed by atoms with van der Waals surface area (Å²) in [4.78, 5) is 15.3. The minimum absolute atomic E-state index is 0.182. The normalized spacial score (nSPS) is 21.1. The second-order valence-electron chi connectivity index (χ2n) is 3.76. The van der Waals surface area contributed by atoms with Gasteiger partial charge in [0.05, 0.1) is 0 Å². The summed E-state index contributed by atoms with van der Waals surface area (Å²) >= 11 is 0. The maximum Gasteiger partial charge on any atom is 0.497 e. The second kappa shape index (κ2) is 4.38. The van der Waals surface area contributed by atoms with Crippen LogP contribution >= 0.6 is 0 Å². The van der Waals surface area contributed by atoms with Gasteiger partial charge in [0.15, 0.2) is 0 Å². The van der Waals surface area contributed by atoms with Crippen molar-refractivity contribution in [1.29, 1.82) is 0 Å². The van der Waals surface area contributed by atoms with Crippen LogP contribution in [0, 0.1) is 0 Å². The first kappa shape index (κ1) is 12.3. The maximum atomic E-state index is 12.0. The van der Waals surface area contributed by atoms with Gasteiger partial charge >= 0.3 is 12.1 Å². The zero-order chi connectivity index (χ0) is 11.5. The Morgan fingerprint density at radius 2 is 1.80 bits per heavy atom. The highest BCUT2D eigenvalue weighted by Gasteiger charge is 2.47. The number of hydrogen-bond acceptors (Lipinski definition) is 2. The van der Waals surface area contributed by atoms with Crippen LogP contribution in [0.2, 0.25) is 0 Å². The minimum atomic E-state index is -4.89. The predicted molar refractivity (Wildman–Crippen MR) is 46.5 cm³/mol. The third-order valence-corrected chi connectivity index (χ3v) is 2.72. The van der Waals surface area contributed by atoms with E-state index in [0.717, 1.165) is 19.3 Å². The van der Waals surface area contributed by atoms with Crippen LogP contribution in [-0.4, -0.2) is 36.4 Å². The van der Waals surface area contributed by atoms with Gasteiger partial charge in [-0.15, -0.1) is 4.65 Å². The summed E-state index contributed by atoms with van der Waals surface area (Å²) in [7, 11) is 0. The lowest BCUT2D eigenvalue weighted by Gasteiger charge is -2.36. The van der Waals surface area contributed by atoms with Gasteiger partial charge in [0.2, 0.25) is 0 Å². The summed E-state index contributed by atoms with van der Waals surface area (Å²) in [5.41, 5.74) is 0. The molecule has 0 aliphatic carbocycles. The van der Waals surface area contributed by atoms with Gasteiger partial charge in [0.25, 0.3) is 0 Å². The molecule has 0 N–H and O–H groups in total. The number of rotatable bonds is 2. The molecule has 0 bridgehead atoms. The van der Waals surface area contributed by atoms with E-state index in [2.05, 4.69) is 4.84 Å². The molecular formula is C9H15F3NO2+. The smallest absolute Gasteiger partial charge is 0.266 e. The van der Waals surface area contributed by atoms with E-state index in [9.17, 15) is 18.0 Å². The van der Waals surface area contributed by atoms with E-state index < -0.39 is 12.1 Å². The summed E-state index contributed by atoms with van der Waals surface area (Å²) in [6.45, 7) is 3.09. The molecule has 0 aromatic rings. The highest BCUT2D eigenvalue weighted by molar-refractivity contribution is 5.74. The number of hydroxylamine groups is 3. The first-order valence-corrected chi connectivity index (χ1v) is 5.06. The fraction of sp³-hybridized carbons (Fsp3) is 0.889. The summed E-state index contributed by atoms with van der Waals surface area (Å²) < 4.78 is 35.9. The molecule has 1 heterocycles. The van der Waals surface area contributed by atoms with Crippen LogP contribution in [0.5, 0.6) is 0 Å². The second-order valence-corrected chi connectivity index (χ2v) is 3.76. The Labute approximate surface area is 86.3 Å². The van der Waals surface area contributed by atoms with Crippen molar-refractivity contribution in [3.63, 3.8) is 0 Å². The van der Waals surface area contributed by atoms with Crippen molar-refractivity contribution in [3.8, 4) is 0 Å². The molecule has 1 fully saturated rings. The third kappa shape index (κ3) is 3.09. The molecule has 6 heteroatoms. The van der Waals surface area contributed by atoms with E-state index in [1.807, 2.05) is 0 Å². The van der Waals surface area contributed by atoms with Crippen LogP contribution in [0.25, 0.3) is 0 Å². The van der Waals surface area contributed by atoms with Gasteiger partial charge in [-0.05, 0) is 13.3 Å². The van der Waals surface area contributed by atoms with E-state index in [1.54, 1.807) is 6.92 Å². The van der Waals surface area contributed by atoms with E-state index in [-0.39, 0.29) is 4.65 Å². The lowest BCUT2D eigenvalue weighted by Crippen LogP contribution is -2.54. The Morgan fingerprint density at radius 1 is 1.27 bits per heavy atom. The average molecular weight is 226 g/mol. The van der Waals surface area contributed by atoms with Gasteiger partial charge in [0.1, 0.15) is 19.6 Å². The van der Waals surface area contributed by atoms with Crippen molar-refractivity contribution in [2.24, 2.45) is 0 Å². The number of halogens is 3. The summed E-state index contributed by atoms with van der Waals surface area (Å²) in [5, 5.41) is 0. The zero-order valence-corrected chi connectivity index (χ0v) is 8.64. The van der Waals surface area contributed by atoms with Crippen molar-refractivity contribution >= 4 is 5.97 Å². The molecule has 0 saturated carbocycles. The molecule has 3 nitrogen and oxygen atoms in total. The van der Waals surface area contributed by atoms with Gasteiger partial charge in [-0.3, -0.25) is 4.84 Å². The Kier molecular flexibility index (Phi) is 3.59. The monoisotopic (exact) mass is 226 g/mol. The lowest BCUT2D eigenvalue weighted by molar-refractivity contribution is -1.09. The van der Waals surface area contributed by atoms with Crippen LogP contribution < -0.4 is 0 Å². The number of carbonyl (C=O) groups excluding carboxylic acids is 1. The van der Waals surface area contributed by atoms with Crippen molar-refractivity contribution in [2.45, 2.75) is 32.4 Å². The van der Waals surface area contributed by atoms with Gasteiger partial charge in [-0.1, -0.05) is 0 Å². The summed E-state index contributed by atoms with van der Waals surface area (Å²) in [6.07, 6.45) is -2.29. The standard InChI is InChI=1S/C9H15F3NO2/c1-2-13(6-4-3-5-7-13)15-8(14)9(10,11)12/h2-7H2,1H3/q+1. The number of quaternary nitrogens is 1. The fourth-order valence-corrected chi connectivity index (χ4v) is 1.79. The molecule has 0 spiro atoms. The fourth-order valence-electron chi connectivity index (χ4n) is 1.79. The summed E-state index contributed by atoms with van der Waals surface area (Å²) in [6, 6.07) is 0. The van der Waals surface area contributed by atoms with Gasteiger partial charge in [-0.2, -0.15) is 13.2 Å². The highest BCUT2D eigenvalue weighted by atomic mass is 19.4. The van der Waals surface area contributed by atoms with Crippen LogP contribution in [-0.2, 0) is 9.63 Å². The van der Waals surface area contributed by atoms with Gasteiger partial charge in [-0.25, -0.2) is 4.79 Å². The number of nitrogens with zero attached hydrogens (tertiary/aromatic N) is 1. The number of likely N-dealkylation sites (tertiary alicyclic amines) is 1. The third-order valence-electron chi connectivity index (χ3n) is 2.72. The molecule has 0 atom stereocenters. The average Bonchev–Trinajstić information content (AvgIpc) is 2.18. The van der Waals surface area contributed by atoms with E-state index in [1.165, 1.54) is 0 Å². The molecule has 0 aromatic heterocycles. The van der Waals surface area contributed by atoms with Gasteiger partial charge in [0, 0.05) is 12.8 Å². The largest absolute Gasteiger partial charge is 0.497 e. The zero-order valence-electron chi connectivity index (χ0n) is 8.64. The molecule has 1 saturated heterocycles. The first-order chi connectivity index (χ1) is 6.90. The molecule has 0 unspecified atom stereocenters. The Morgan fingerprint density at radius 3 is 2.20 bits per heavy atom. The van der Waals surface area contributed by atoms with E-state index in [4.69, 9.17) is 0 Å². The quantitative estimate of drug-likeness (QED) is 0.673. The molecule has 1 aliphatic heterocycles. The van der Waals surface area contributed by atoms with Crippen LogP contribution in [0.1, 0.15) is 26.2 Å². The lowest BCUT2D eigenvalue weighted by atomic mass is 10.1. The summed E-state index contributed by atoms with van der Waals surface area (Å²) in [5.74, 6) is -2.08. The Balaban J connectivity index is 2.63. The highest BCUT2D eigenvalue weighted by Crippen LogP contribution is 2.24. The van der Waals surface area contributed by atoms with Crippen LogP contribution in [0.3, 0.4) is 0 Å². The molecule has 0 amide bonds. The Hall–Kier alpha value is -0.780. The Bertz CT molecular complexity index is 234. The number of carbonyl (C=O) groups is 1. The number of piperidine rings is 1. The van der Waals surface area contributed by atoms with Crippen molar-refractivity contribution in [2.75, 3.05) is 19.6 Å². The van der Waals surface area contributed by atoms with Crippen molar-refractivity contribution < 1.29 is 27.4 Å². The molecule has 1 aliphatic rings. The van der Waals surface area contributed by atoms with Gasteiger partial charge < -0.3 is 0 Å². The molecule has 1 rings (SSSR count). The number of hydrogen-bond donors (Lipinski definition) is 0. The topological polar surface area (TPSA) is 26.3 Å². The van der Waals surface area contributed by atoms with E-state index in [0.29, 0.717) is 19.6 Å². The van der Waals surface area contributed by atoms with Crippen LogP contribution in [0.4, 0.5) is 13.2 Å². The molecule has 0 radical (unpaired) electrons. The molecule has 0 aromatic carbocycles. The molecule has 88 valence electrons. The van der Waals surface area contributed by atoms with E-state index >= 15 is 0 Å². The first-order valence-electron chi connectivity index (χ1n) is 5.06. The molecular weight excluding hydrogens is 211 g/mol. The van der Waals surface area contributed by atoms with Crippen molar-refractivity contribution in [3.05, 3.63) is 0 Å². The number of alkyl halides is 3. The predicted octanol–water partition coefficient (Wildman–Crippen LogP) is 2.03. The van der Waals surface area contributed by atoms with Crippen molar-refractivity contribution in [1.82, 2.24) is 0 Å². The maximum absolute atomic E-state index is 12.0. The molecule has 15 heavy (non-hydrogen) atoms. The SMILES string of the molecule is CC[N+]1(OC(=O)C(F)(F)F)CCCCC1. The minimum Gasteiger partial charge on any atom is -0.266 e.